The average molecular weight is 921 g/mol. The van der Waals surface area contributed by atoms with Crippen LogP contribution in [0.4, 0.5) is 0 Å². The maximum atomic E-state index is 12.6. The number of nitrogens with zero attached hydrogens (tertiary/aromatic N) is 4. The summed E-state index contributed by atoms with van der Waals surface area (Å²) in [6.07, 6.45) is -0.704. The monoisotopic (exact) mass is 920 g/mol. The molecule has 1 aromatic rings. The standard InChI is InChI=1S/C42H48N4O16.Fe/c1-41(17-39(59)60)23(5-9-35(51)52)29-14-27-21(11-37(55)56)19(3-7-33(47)48)25(43-27)13-26-20(4-8-34(49)50)22(12-38(57)58)28(44-26)15-31-42(2,18-40(61)62)24(6-10-36(53)54)30(46-31)16-32(41)45-29;/h14-16,23-25,27,30H,3-13,17-18H2,1-2H3,(H,47,48)(H,49,50)(H,51,52)(H,53,54)(H,55,56)(H,57,58)(H,59,60)(H,61,62);/q-4;+4. The van der Waals surface area contributed by atoms with E-state index in [-0.39, 0.29) is 94.4 Å². The Kier molecular flexibility index (Phi) is 15.8. The molecule has 63 heavy (non-hydrogen) atoms. The Morgan fingerprint density at radius 1 is 0.635 bits per heavy atom. The van der Waals surface area contributed by atoms with Crippen LogP contribution in [-0.4, -0.2) is 107 Å². The van der Waals surface area contributed by atoms with E-state index in [2.05, 4.69) is 0 Å². The van der Waals surface area contributed by atoms with Crippen LogP contribution in [0.1, 0.15) is 101 Å². The van der Waals surface area contributed by atoms with E-state index >= 15 is 0 Å². The molecule has 0 spiro atoms. The first kappa shape index (κ1) is 49.7. The number of carboxylic acid groups (broad SMARTS) is 8. The number of carboxylic acids is 8. The van der Waals surface area contributed by atoms with E-state index < -0.39 is 140 Å². The van der Waals surface area contributed by atoms with Gasteiger partial charge in [0.15, 0.2) is 0 Å². The van der Waals surface area contributed by atoms with Crippen molar-refractivity contribution >= 4 is 53.8 Å². The zero-order valence-electron chi connectivity index (χ0n) is 34.3. The predicted octanol–water partition coefficient (Wildman–Crippen LogP) is 4.78. The molecule has 1 aromatic heterocycles. The third-order valence-electron chi connectivity index (χ3n) is 12.4. The Hall–Kier alpha value is -5.92. The number of allylic oxidation sites excluding steroid dienone is 3. The normalized spacial score (nSPS) is 26.0. The molecule has 5 rings (SSSR count). The number of hydrogen-bond acceptors (Lipinski definition) is 8. The summed E-state index contributed by atoms with van der Waals surface area (Å²) >= 11 is 0. The summed E-state index contributed by atoms with van der Waals surface area (Å²) in [6.45, 7) is 3.13. The van der Waals surface area contributed by atoms with Crippen LogP contribution >= 0.6 is 0 Å². The molecule has 340 valence electrons. The second kappa shape index (κ2) is 20.1. The smallest absolute Gasteiger partial charge is 0.681 e. The van der Waals surface area contributed by atoms with Gasteiger partial charge in [-0.15, -0.1) is 23.9 Å². The van der Waals surface area contributed by atoms with Crippen LogP contribution in [0.2, 0.25) is 0 Å². The quantitative estimate of drug-likeness (QED) is 0.0644. The molecule has 21 heteroatoms. The van der Waals surface area contributed by atoms with Crippen molar-refractivity contribution in [3.63, 3.8) is 0 Å². The van der Waals surface area contributed by atoms with Gasteiger partial charge in [-0.1, -0.05) is 60.7 Å². The van der Waals surface area contributed by atoms with Crippen molar-refractivity contribution in [1.29, 1.82) is 0 Å². The summed E-state index contributed by atoms with van der Waals surface area (Å²) in [5.74, 6) is -11.8. The number of aliphatic carboxylic acids is 8. The number of rotatable bonds is 20. The summed E-state index contributed by atoms with van der Waals surface area (Å²) < 4.78 is 0. The van der Waals surface area contributed by atoms with Gasteiger partial charge in [0, 0.05) is 25.7 Å². The topological polar surface area (TPSA) is 355 Å². The molecule has 0 radical (unpaired) electrons. The average Bonchev–Trinajstić information content (AvgIpc) is 3.77. The molecule has 8 bridgehead atoms. The second-order valence-corrected chi connectivity index (χ2v) is 16.6. The molecule has 4 aliphatic rings. The Balaban J connectivity index is 0.00000871. The molecule has 8 N–H and O–H groups in total. The van der Waals surface area contributed by atoms with Crippen molar-refractivity contribution in [1.82, 2.24) is 4.98 Å². The summed E-state index contributed by atoms with van der Waals surface area (Å²) in [6, 6.07) is -3.18. The Labute approximate surface area is 371 Å². The van der Waals surface area contributed by atoms with Crippen LogP contribution in [-0.2, 0) is 74.7 Å². The molecule has 2 fully saturated rings. The maximum Gasteiger partial charge on any atom is 4.00 e. The van der Waals surface area contributed by atoms with Gasteiger partial charge in [-0.05, 0) is 48.3 Å². The fourth-order valence-corrected chi connectivity index (χ4v) is 9.57. The van der Waals surface area contributed by atoms with Crippen molar-refractivity contribution < 1.29 is 96.3 Å². The Morgan fingerprint density at radius 2 is 1.21 bits per heavy atom. The van der Waals surface area contributed by atoms with E-state index in [9.17, 15) is 79.2 Å². The van der Waals surface area contributed by atoms with Gasteiger partial charge < -0.3 is 61.8 Å². The molecular weight excluding hydrogens is 872 g/mol. The Bertz CT molecular complexity index is 2190. The third-order valence-corrected chi connectivity index (χ3v) is 12.4. The van der Waals surface area contributed by atoms with E-state index in [0.29, 0.717) is 5.57 Å². The van der Waals surface area contributed by atoms with Crippen molar-refractivity contribution in [2.75, 3.05) is 0 Å². The van der Waals surface area contributed by atoms with E-state index in [1.807, 2.05) is 0 Å². The second-order valence-electron chi connectivity index (χ2n) is 16.6. The largest absolute Gasteiger partial charge is 4.00 e. The fraction of sp³-hybridized carbons (Fsp3) is 0.524. The van der Waals surface area contributed by atoms with Crippen LogP contribution in [0.25, 0.3) is 22.0 Å². The minimum atomic E-state index is -1.46. The van der Waals surface area contributed by atoms with Gasteiger partial charge >= 0.3 is 64.8 Å². The summed E-state index contributed by atoms with van der Waals surface area (Å²) in [5.41, 5.74) is -1.56. The van der Waals surface area contributed by atoms with Gasteiger partial charge in [0.2, 0.25) is 0 Å². The molecule has 20 nitrogen and oxygen atoms in total. The molecular formula is C42H48FeN4O16. The Morgan fingerprint density at radius 3 is 1.78 bits per heavy atom. The van der Waals surface area contributed by atoms with Gasteiger partial charge in [0.1, 0.15) is 0 Å². The van der Waals surface area contributed by atoms with Gasteiger partial charge in [-0.2, -0.15) is 22.8 Å². The number of fused-ring (bicyclic) bond motifs is 8. The zero-order chi connectivity index (χ0) is 45.8. The first-order valence-corrected chi connectivity index (χ1v) is 19.9. The van der Waals surface area contributed by atoms with Crippen molar-refractivity contribution in [2.24, 2.45) is 22.7 Å². The van der Waals surface area contributed by atoms with Crippen LogP contribution in [0, 0.1) is 22.7 Å². The zero-order valence-corrected chi connectivity index (χ0v) is 35.4. The molecule has 7 unspecified atom stereocenters. The molecule has 4 aliphatic heterocycles. The summed E-state index contributed by atoms with van der Waals surface area (Å²) in [7, 11) is 0. The molecule has 0 saturated carbocycles. The first-order valence-electron chi connectivity index (χ1n) is 19.9. The number of aromatic nitrogens is 1. The summed E-state index contributed by atoms with van der Waals surface area (Å²) in [4.78, 5) is 103. The van der Waals surface area contributed by atoms with Gasteiger partial charge in [-0.25, -0.2) is 0 Å². The van der Waals surface area contributed by atoms with Crippen LogP contribution in [0.3, 0.4) is 0 Å². The summed E-state index contributed by atoms with van der Waals surface area (Å²) in [5, 5.41) is 94.5. The molecule has 5 heterocycles. The molecule has 0 amide bonds. The first-order chi connectivity index (χ1) is 29.0. The van der Waals surface area contributed by atoms with E-state index in [1.165, 1.54) is 18.2 Å². The fourth-order valence-electron chi connectivity index (χ4n) is 9.57. The molecule has 7 atom stereocenters. The van der Waals surface area contributed by atoms with E-state index in [0.717, 1.165) is 0 Å². The van der Waals surface area contributed by atoms with Gasteiger partial charge in [-0.3, -0.25) is 38.4 Å². The van der Waals surface area contributed by atoms with Gasteiger partial charge in [0.05, 0.1) is 25.7 Å². The van der Waals surface area contributed by atoms with Gasteiger partial charge in [0.25, 0.3) is 0 Å². The van der Waals surface area contributed by atoms with Crippen molar-refractivity contribution in [3.8, 4) is 0 Å². The SMILES string of the molecule is CC1(CC(=O)O)C2=CC3[N-]C(=Cc4[n-]c(c(CCC(=O)O)c4CC(=O)O)CC4[N-]C(C=C([N-]2)C1CCC(=O)O)C(CC(=O)O)=C4CCC(=O)O)C(C)(CC(=O)O)C3CCC(=O)O.[Fe+4]. The number of carbonyl (C=O) groups is 8. The maximum absolute atomic E-state index is 12.6. The van der Waals surface area contributed by atoms with Crippen molar-refractivity contribution in [3.05, 3.63) is 78.9 Å². The van der Waals surface area contributed by atoms with Crippen LogP contribution < -0.4 is 4.98 Å². The third kappa shape index (κ3) is 11.4. The van der Waals surface area contributed by atoms with E-state index in [1.54, 1.807) is 13.8 Å². The molecule has 2 saturated heterocycles. The van der Waals surface area contributed by atoms with Crippen LogP contribution in [0.15, 0.2) is 40.4 Å². The predicted molar refractivity (Wildman–Crippen MR) is 214 cm³/mol. The van der Waals surface area contributed by atoms with Crippen LogP contribution in [0.5, 0.6) is 0 Å². The molecule has 0 aromatic carbocycles. The van der Waals surface area contributed by atoms with Crippen molar-refractivity contribution in [2.45, 2.75) is 115 Å². The van der Waals surface area contributed by atoms with E-state index in [4.69, 9.17) is 20.9 Å². The minimum absolute atomic E-state index is 0. The number of hydrogen-bond donors (Lipinski definition) is 8. The molecule has 0 aliphatic carbocycles. The minimum Gasteiger partial charge on any atom is -0.681 e.